The quantitative estimate of drug-likeness (QED) is 0.626. The molecular formula is C18H21NO5. The molecule has 2 aromatic rings. The summed E-state index contributed by atoms with van der Waals surface area (Å²) in [6, 6.07) is 11.7. The van der Waals surface area contributed by atoms with Crippen molar-refractivity contribution >= 4 is 12.0 Å². The van der Waals surface area contributed by atoms with Crippen molar-refractivity contribution in [1.29, 1.82) is 0 Å². The number of aromatic hydroxyl groups is 2. The third kappa shape index (κ3) is 6.85. The van der Waals surface area contributed by atoms with Crippen molar-refractivity contribution in [3.8, 4) is 17.2 Å². The molecule has 6 nitrogen and oxygen atoms in total. The van der Waals surface area contributed by atoms with Gasteiger partial charge in [0.15, 0.2) is 11.5 Å². The number of carbonyl (C=O) groups is 1. The fraction of sp³-hybridized carbons (Fsp3) is 0.167. The summed E-state index contributed by atoms with van der Waals surface area (Å²) in [5.74, 6) is -0.365. The van der Waals surface area contributed by atoms with Crippen LogP contribution in [-0.2, 0) is 11.2 Å². The molecule has 0 atom stereocenters. The highest BCUT2D eigenvalue weighted by atomic mass is 16.5. The highest BCUT2D eigenvalue weighted by Crippen LogP contribution is 2.26. The average molecular weight is 331 g/mol. The van der Waals surface area contributed by atoms with Crippen LogP contribution in [0.3, 0.4) is 0 Å². The molecule has 2 aromatic carbocycles. The molecule has 2 rings (SSSR count). The number of hydrogen-bond donors (Lipinski definition) is 4. The van der Waals surface area contributed by atoms with Crippen LogP contribution in [-0.4, -0.2) is 34.9 Å². The molecule has 0 aliphatic carbocycles. The number of benzene rings is 2. The van der Waals surface area contributed by atoms with Gasteiger partial charge in [-0.05, 0) is 54.4 Å². The number of rotatable bonds is 5. The molecule has 0 heterocycles. The Kier molecular flexibility index (Phi) is 7.87. The summed E-state index contributed by atoms with van der Waals surface area (Å²) >= 11 is 0. The predicted octanol–water partition coefficient (Wildman–Crippen LogP) is 2.39. The summed E-state index contributed by atoms with van der Waals surface area (Å²) in [7, 11) is 1.43. The van der Waals surface area contributed by atoms with Crippen LogP contribution < -0.4 is 10.5 Å². The molecule has 0 fully saturated rings. The van der Waals surface area contributed by atoms with Crippen LogP contribution in [0.1, 0.15) is 11.1 Å². The summed E-state index contributed by atoms with van der Waals surface area (Å²) in [4.78, 5) is 10.2. The van der Waals surface area contributed by atoms with Crippen molar-refractivity contribution in [1.82, 2.24) is 0 Å². The smallest absolute Gasteiger partial charge is 0.328 e. The molecule has 6 heteroatoms. The molecule has 0 radical (unpaired) electrons. The minimum atomic E-state index is -1.02. The van der Waals surface area contributed by atoms with Gasteiger partial charge in [0, 0.05) is 6.08 Å². The topological polar surface area (TPSA) is 113 Å². The van der Waals surface area contributed by atoms with Gasteiger partial charge in [0.05, 0.1) is 7.11 Å². The van der Waals surface area contributed by atoms with Crippen molar-refractivity contribution in [2.24, 2.45) is 5.73 Å². The van der Waals surface area contributed by atoms with E-state index in [4.69, 9.17) is 20.7 Å². The number of nitrogens with two attached hydrogens (primary N) is 1. The van der Waals surface area contributed by atoms with Crippen molar-refractivity contribution < 1.29 is 24.9 Å². The maximum Gasteiger partial charge on any atom is 0.328 e. The van der Waals surface area contributed by atoms with E-state index in [-0.39, 0.29) is 5.75 Å². The number of carboxylic acid groups (broad SMARTS) is 1. The lowest BCUT2D eigenvalue weighted by atomic mass is 10.1. The van der Waals surface area contributed by atoms with Crippen LogP contribution in [0, 0.1) is 0 Å². The highest BCUT2D eigenvalue weighted by Gasteiger charge is 2.00. The fourth-order valence-electron chi connectivity index (χ4n) is 1.79. The Morgan fingerprint density at radius 3 is 2.38 bits per heavy atom. The number of carboxylic acids is 1. The largest absolute Gasteiger partial charge is 0.508 e. The molecule has 0 aliphatic heterocycles. The Morgan fingerprint density at radius 1 is 1.17 bits per heavy atom. The molecule has 0 aromatic heterocycles. The second-order valence-electron chi connectivity index (χ2n) is 4.81. The van der Waals surface area contributed by atoms with E-state index in [1.54, 1.807) is 24.3 Å². The van der Waals surface area contributed by atoms with Gasteiger partial charge in [-0.25, -0.2) is 4.79 Å². The van der Waals surface area contributed by atoms with Gasteiger partial charge in [0.2, 0.25) is 0 Å². The Hall–Kier alpha value is -2.99. The first-order valence-corrected chi connectivity index (χ1v) is 7.22. The van der Waals surface area contributed by atoms with E-state index in [0.717, 1.165) is 12.5 Å². The van der Waals surface area contributed by atoms with Crippen LogP contribution in [0.5, 0.6) is 17.2 Å². The number of ether oxygens (including phenoxy) is 1. The molecule has 0 amide bonds. The molecule has 0 saturated carbocycles. The summed E-state index contributed by atoms with van der Waals surface area (Å²) in [6.07, 6.45) is 3.32. The minimum absolute atomic E-state index is 0.0278. The standard InChI is InChI=1S/C10H10O4.C8H11NO/c1-14-9-6-7(2-4-8(9)11)3-5-10(12)13;9-6-5-7-1-3-8(10)4-2-7/h2-6,11H,1H3,(H,12,13);1-4,10H,5-6,9H2. The van der Waals surface area contributed by atoms with Crippen molar-refractivity contribution in [3.63, 3.8) is 0 Å². The lowest BCUT2D eigenvalue weighted by molar-refractivity contribution is -0.131. The first-order valence-electron chi connectivity index (χ1n) is 7.22. The zero-order chi connectivity index (χ0) is 17.9. The van der Waals surface area contributed by atoms with E-state index >= 15 is 0 Å². The average Bonchev–Trinajstić information content (AvgIpc) is 2.57. The van der Waals surface area contributed by atoms with Gasteiger partial charge in [0.1, 0.15) is 5.75 Å². The number of hydrogen-bond acceptors (Lipinski definition) is 5. The first kappa shape index (κ1) is 19.1. The SMILES string of the molecule is COc1cc(C=CC(=O)O)ccc1O.NCCc1ccc(O)cc1. The van der Waals surface area contributed by atoms with E-state index in [9.17, 15) is 9.90 Å². The number of phenols is 2. The van der Waals surface area contributed by atoms with Crippen LogP contribution in [0.25, 0.3) is 6.08 Å². The Balaban J connectivity index is 0.000000254. The molecule has 128 valence electrons. The van der Waals surface area contributed by atoms with Gasteiger partial charge in [-0.2, -0.15) is 0 Å². The fourth-order valence-corrected chi connectivity index (χ4v) is 1.79. The predicted molar refractivity (Wildman–Crippen MR) is 92.2 cm³/mol. The lowest BCUT2D eigenvalue weighted by Crippen LogP contribution is -2.01. The molecule has 24 heavy (non-hydrogen) atoms. The lowest BCUT2D eigenvalue weighted by Gasteiger charge is -2.03. The van der Waals surface area contributed by atoms with Gasteiger partial charge < -0.3 is 25.8 Å². The summed E-state index contributed by atoms with van der Waals surface area (Å²) in [5.41, 5.74) is 7.16. The first-order chi connectivity index (χ1) is 11.5. The number of methoxy groups -OCH3 is 1. The van der Waals surface area contributed by atoms with E-state index in [2.05, 4.69) is 0 Å². The zero-order valence-corrected chi connectivity index (χ0v) is 13.3. The number of aliphatic carboxylic acids is 1. The molecule has 0 aliphatic rings. The molecular weight excluding hydrogens is 310 g/mol. The molecule has 0 spiro atoms. The third-order valence-corrected chi connectivity index (χ3v) is 2.99. The van der Waals surface area contributed by atoms with E-state index in [1.165, 1.54) is 24.8 Å². The summed E-state index contributed by atoms with van der Waals surface area (Å²) in [5, 5.41) is 26.5. The summed E-state index contributed by atoms with van der Waals surface area (Å²) in [6.45, 7) is 0.658. The van der Waals surface area contributed by atoms with Crippen molar-refractivity contribution in [2.45, 2.75) is 6.42 Å². The normalized spacial score (nSPS) is 10.1. The van der Waals surface area contributed by atoms with Crippen LogP contribution >= 0.6 is 0 Å². The molecule has 0 saturated heterocycles. The zero-order valence-electron chi connectivity index (χ0n) is 13.3. The van der Waals surface area contributed by atoms with E-state index in [1.807, 2.05) is 12.1 Å². The van der Waals surface area contributed by atoms with Gasteiger partial charge >= 0.3 is 5.97 Å². The monoisotopic (exact) mass is 331 g/mol. The van der Waals surface area contributed by atoms with Crippen molar-refractivity contribution in [2.75, 3.05) is 13.7 Å². The third-order valence-electron chi connectivity index (χ3n) is 2.99. The minimum Gasteiger partial charge on any atom is -0.508 e. The number of phenolic OH excluding ortho intramolecular Hbond substituents is 2. The highest BCUT2D eigenvalue weighted by molar-refractivity contribution is 5.85. The van der Waals surface area contributed by atoms with E-state index < -0.39 is 5.97 Å². The van der Waals surface area contributed by atoms with Crippen molar-refractivity contribution in [3.05, 3.63) is 59.7 Å². The second-order valence-corrected chi connectivity index (χ2v) is 4.81. The van der Waals surface area contributed by atoms with Crippen LogP contribution in [0.4, 0.5) is 0 Å². The Labute approximate surface area is 140 Å². The Bertz CT molecular complexity index is 680. The maximum absolute atomic E-state index is 10.2. The van der Waals surface area contributed by atoms with Crippen LogP contribution in [0.15, 0.2) is 48.5 Å². The second kappa shape index (κ2) is 9.91. The molecule has 5 N–H and O–H groups in total. The van der Waals surface area contributed by atoms with E-state index in [0.29, 0.717) is 23.6 Å². The molecule has 0 bridgehead atoms. The van der Waals surface area contributed by atoms with Gasteiger partial charge in [0.25, 0.3) is 0 Å². The van der Waals surface area contributed by atoms with Gasteiger partial charge in [-0.15, -0.1) is 0 Å². The Morgan fingerprint density at radius 2 is 1.83 bits per heavy atom. The summed E-state index contributed by atoms with van der Waals surface area (Å²) < 4.78 is 4.86. The maximum atomic E-state index is 10.2. The van der Waals surface area contributed by atoms with Gasteiger partial charge in [-0.1, -0.05) is 18.2 Å². The van der Waals surface area contributed by atoms with Crippen LogP contribution in [0.2, 0.25) is 0 Å². The van der Waals surface area contributed by atoms with Gasteiger partial charge in [-0.3, -0.25) is 0 Å². The molecule has 0 unspecified atom stereocenters.